The topological polar surface area (TPSA) is 68.6 Å². The van der Waals surface area contributed by atoms with Gasteiger partial charge in [0.25, 0.3) is 0 Å². The van der Waals surface area contributed by atoms with Crippen molar-refractivity contribution in [2.75, 3.05) is 13.2 Å². The second-order valence-corrected chi connectivity index (χ2v) is 4.92. The number of pyridine rings is 1. The van der Waals surface area contributed by atoms with Gasteiger partial charge in [-0.25, -0.2) is 4.57 Å². The Bertz CT molecular complexity index is 603. The zero-order valence-electron chi connectivity index (χ0n) is 11.8. The molecule has 0 saturated carbocycles. The first-order valence-corrected chi connectivity index (χ1v) is 6.90. The SMILES string of the molecule is C[n+]1cc(OCCOc2ccc(Cl)cc2)c(O)cc1CN. The van der Waals surface area contributed by atoms with E-state index in [1.54, 1.807) is 36.5 Å². The van der Waals surface area contributed by atoms with E-state index in [9.17, 15) is 5.11 Å². The largest absolute Gasteiger partial charge is 0.504 e. The van der Waals surface area contributed by atoms with Crippen molar-refractivity contribution in [2.24, 2.45) is 12.8 Å². The minimum atomic E-state index is 0.0695. The van der Waals surface area contributed by atoms with E-state index < -0.39 is 0 Å². The van der Waals surface area contributed by atoms with Crippen molar-refractivity contribution in [2.45, 2.75) is 6.54 Å². The average Bonchev–Trinajstić information content (AvgIpc) is 2.48. The molecule has 0 radical (unpaired) electrons. The van der Waals surface area contributed by atoms with E-state index in [-0.39, 0.29) is 5.75 Å². The van der Waals surface area contributed by atoms with Crippen molar-refractivity contribution in [3.8, 4) is 17.2 Å². The predicted octanol–water partition coefficient (Wildman–Crippen LogP) is 1.79. The molecule has 3 N–H and O–H groups in total. The third-order valence-electron chi connectivity index (χ3n) is 2.95. The van der Waals surface area contributed by atoms with Crippen molar-refractivity contribution in [1.29, 1.82) is 0 Å². The summed E-state index contributed by atoms with van der Waals surface area (Å²) in [6.45, 7) is 1.03. The van der Waals surface area contributed by atoms with Crippen LogP contribution in [0.4, 0.5) is 0 Å². The molecule has 1 heterocycles. The molecular weight excluding hydrogens is 292 g/mol. The molecule has 2 rings (SSSR count). The highest BCUT2D eigenvalue weighted by Gasteiger charge is 2.13. The van der Waals surface area contributed by atoms with Crippen molar-refractivity contribution in [3.63, 3.8) is 0 Å². The highest BCUT2D eigenvalue weighted by molar-refractivity contribution is 6.30. The van der Waals surface area contributed by atoms with Gasteiger partial charge >= 0.3 is 0 Å². The normalized spacial score (nSPS) is 10.4. The first-order valence-electron chi connectivity index (χ1n) is 6.53. The van der Waals surface area contributed by atoms with E-state index in [0.29, 0.717) is 30.5 Å². The molecule has 0 aliphatic rings. The minimum absolute atomic E-state index is 0.0695. The molecule has 0 fully saturated rings. The Hall–Kier alpha value is -1.98. The fraction of sp³-hybridized carbons (Fsp3) is 0.267. The lowest BCUT2D eigenvalue weighted by Crippen LogP contribution is -2.34. The zero-order valence-corrected chi connectivity index (χ0v) is 12.5. The van der Waals surface area contributed by atoms with E-state index in [1.165, 1.54) is 0 Å². The van der Waals surface area contributed by atoms with Gasteiger partial charge in [-0.3, -0.25) is 0 Å². The monoisotopic (exact) mass is 309 g/mol. The van der Waals surface area contributed by atoms with Crippen LogP contribution >= 0.6 is 11.6 Å². The van der Waals surface area contributed by atoms with Gasteiger partial charge in [-0.1, -0.05) is 11.6 Å². The zero-order chi connectivity index (χ0) is 15.2. The van der Waals surface area contributed by atoms with Crippen LogP contribution in [0.3, 0.4) is 0 Å². The number of hydrogen-bond donors (Lipinski definition) is 2. The molecule has 5 nitrogen and oxygen atoms in total. The molecule has 1 aromatic carbocycles. The molecular formula is C15H18ClN2O3+. The Balaban J connectivity index is 1.86. The first-order chi connectivity index (χ1) is 10.1. The molecule has 0 aliphatic heterocycles. The van der Waals surface area contributed by atoms with Crippen LogP contribution in [0.1, 0.15) is 5.69 Å². The fourth-order valence-corrected chi connectivity index (χ4v) is 1.94. The summed E-state index contributed by atoms with van der Waals surface area (Å²) in [6, 6.07) is 8.69. The van der Waals surface area contributed by atoms with Crippen LogP contribution in [0.25, 0.3) is 0 Å². The molecule has 0 unspecified atom stereocenters. The van der Waals surface area contributed by atoms with Gasteiger partial charge in [-0.2, -0.15) is 0 Å². The molecule has 0 bridgehead atoms. The van der Waals surface area contributed by atoms with E-state index >= 15 is 0 Å². The van der Waals surface area contributed by atoms with Crippen molar-refractivity contribution in [1.82, 2.24) is 0 Å². The van der Waals surface area contributed by atoms with Gasteiger partial charge in [0.2, 0.25) is 11.9 Å². The molecule has 112 valence electrons. The summed E-state index contributed by atoms with van der Waals surface area (Å²) < 4.78 is 12.8. The number of halogens is 1. The van der Waals surface area contributed by atoms with Crippen LogP contribution < -0.4 is 19.8 Å². The third kappa shape index (κ3) is 4.24. The van der Waals surface area contributed by atoms with Gasteiger partial charge in [0.15, 0.2) is 11.4 Å². The quantitative estimate of drug-likeness (QED) is 0.630. The Morgan fingerprint density at radius 2 is 1.86 bits per heavy atom. The van der Waals surface area contributed by atoms with Gasteiger partial charge in [-0.15, -0.1) is 0 Å². The van der Waals surface area contributed by atoms with E-state index in [2.05, 4.69) is 0 Å². The number of hydrogen-bond acceptors (Lipinski definition) is 4. The lowest BCUT2D eigenvalue weighted by molar-refractivity contribution is -0.679. The average molecular weight is 310 g/mol. The molecule has 2 aromatic rings. The smallest absolute Gasteiger partial charge is 0.225 e. The number of aryl methyl sites for hydroxylation is 1. The number of aromatic hydroxyl groups is 1. The van der Waals surface area contributed by atoms with Gasteiger partial charge in [0, 0.05) is 5.02 Å². The maximum atomic E-state index is 9.84. The Kier molecular flexibility index (Phi) is 5.25. The summed E-state index contributed by atoms with van der Waals surface area (Å²) in [5.41, 5.74) is 6.38. The van der Waals surface area contributed by atoms with Gasteiger partial charge in [0.1, 0.15) is 26.0 Å². The second-order valence-electron chi connectivity index (χ2n) is 4.48. The van der Waals surface area contributed by atoms with Gasteiger partial charge in [0.05, 0.1) is 12.6 Å². The lowest BCUT2D eigenvalue weighted by Gasteiger charge is -2.09. The van der Waals surface area contributed by atoms with Crippen LogP contribution in [-0.2, 0) is 13.6 Å². The maximum absolute atomic E-state index is 9.84. The van der Waals surface area contributed by atoms with Crippen molar-refractivity contribution in [3.05, 3.63) is 47.2 Å². The van der Waals surface area contributed by atoms with E-state index in [4.69, 9.17) is 26.8 Å². The van der Waals surface area contributed by atoms with Crippen molar-refractivity contribution >= 4 is 11.6 Å². The third-order valence-corrected chi connectivity index (χ3v) is 3.20. The molecule has 6 heteroatoms. The summed E-state index contributed by atoms with van der Waals surface area (Å²) >= 11 is 5.79. The summed E-state index contributed by atoms with van der Waals surface area (Å²) in [7, 11) is 1.85. The summed E-state index contributed by atoms with van der Waals surface area (Å²) in [6.07, 6.45) is 1.69. The maximum Gasteiger partial charge on any atom is 0.225 e. The molecule has 0 aliphatic carbocycles. The number of rotatable bonds is 6. The van der Waals surface area contributed by atoms with E-state index in [0.717, 1.165) is 11.4 Å². The highest BCUT2D eigenvalue weighted by Crippen LogP contribution is 2.24. The number of nitrogens with two attached hydrogens (primary N) is 1. The second kappa shape index (κ2) is 7.15. The predicted molar refractivity (Wildman–Crippen MR) is 79.6 cm³/mol. The standard InChI is InChI=1S/C15H17ClN2O3/c1-18-10-15(14(19)8-12(18)9-17)21-7-6-20-13-4-2-11(16)3-5-13/h2-5,8,10H,6-7,9,17H2,1H3/p+1. The summed E-state index contributed by atoms with van der Waals surface area (Å²) in [5, 5.41) is 10.5. The van der Waals surface area contributed by atoms with Crippen LogP contribution in [0, 0.1) is 0 Å². The Morgan fingerprint density at radius 3 is 2.52 bits per heavy atom. The molecule has 0 spiro atoms. The van der Waals surface area contributed by atoms with Crippen LogP contribution in [-0.4, -0.2) is 18.3 Å². The van der Waals surface area contributed by atoms with Crippen LogP contribution in [0.5, 0.6) is 17.2 Å². The lowest BCUT2D eigenvalue weighted by atomic mass is 10.3. The Morgan fingerprint density at radius 1 is 1.19 bits per heavy atom. The molecule has 0 saturated heterocycles. The first kappa shape index (κ1) is 15.4. The minimum Gasteiger partial charge on any atom is -0.504 e. The summed E-state index contributed by atoms with van der Waals surface area (Å²) in [4.78, 5) is 0. The van der Waals surface area contributed by atoms with Crippen molar-refractivity contribution < 1.29 is 19.1 Å². The number of nitrogens with zero attached hydrogens (tertiary/aromatic N) is 1. The molecule has 1 aromatic heterocycles. The van der Waals surface area contributed by atoms with Gasteiger partial charge < -0.3 is 20.3 Å². The number of benzene rings is 1. The highest BCUT2D eigenvalue weighted by atomic mass is 35.5. The fourth-order valence-electron chi connectivity index (χ4n) is 1.81. The molecule has 21 heavy (non-hydrogen) atoms. The van der Waals surface area contributed by atoms with Gasteiger partial charge in [-0.05, 0) is 24.3 Å². The molecule has 0 atom stereocenters. The Labute approximate surface area is 128 Å². The summed E-state index contributed by atoms with van der Waals surface area (Å²) in [5.74, 6) is 1.19. The number of ether oxygens (including phenoxy) is 2. The van der Waals surface area contributed by atoms with Crippen LogP contribution in [0.2, 0.25) is 5.02 Å². The van der Waals surface area contributed by atoms with E-state index in [1.807, 2.05) is 11.6 Å². The van der Waals surface area contributed by atoms with Crippen LogP contribution in [0.15, 0.2) is 36.5 Å². The number of aromatic nitrogens is 1. The molecule has 0 amide bonds.